The Labute approximate surface area is 101 Å². The van der Waals surface area contributed by atoms with E-state index >= 15 is 0 Å². The van der Waals surface area contributed by atoms with Crippen molar-refractivity contribution in [2.24, 2.45) is 5.41 Å². The molecule has 0 aliphatic carbocycles. The second-order valence-electron chi connectivity index (χ2n) is 6.61. The van der Waals surface area contributed by atoms with Crippen LogP contribution in [0.2, 0.25) is 0 Å². The minimum absolute atomic E-state index is 0.211. The maximum absolute atomic E-state index is 12.2. The highest BCUT2D eigenvalue weighted by molar-refractivity contribution is 6.06. The number of carbonyl (C=O) groups excluding carboxylic acids is 2. The van der Waals surface area contributed by atoms with Gasteiger partial charge in [-0.25, -0.2) is 0 Å². The standard InChI is InChI=1S/C12H19N2O3/c1-10(2)6-12(5-8(15)13-9(12)16)7-11(3,4)14(10)17/h5-7H2,1-4H3,(H,13,15,16). The Hall–Kier alpha value is -0.940. The molecule has 5 heteroatoms. The van der Waals surface area contributed by atoms with Gasteiger partial charge in [-0.1, -0.05) is 0 Å². The van der Waals surface area contributed by atoms with E-state index in [0.29, 0.717) is 12.8 Å². The third-order valence-electron chi connectivity index (χ3n) is 3.88. The topological polar surface area (TPSA) is 69.3 Å². The number of nitrogens with one attached hydrogen (secondary N) is 1. The normalized spacial score (nSPS) is 30.6. The summed E-state index contributed by atoms with van der Waals surface area (Å²) in [6.07, 6.45) is 1.08. The van der Waals surface area contributed by atoms with Crippen LogP contribution >= 0.6 is 0 Å². The molecule has 2 amide bonds. The molecule has 2 aliphatic rings. The van der Waals surface area contributed by atoms with Gasteiger partial charge in [-0.05, 0) is 40.5 Å². The summed E-state index contributed by atoms with van der Waals surface area (Å²) in [5.41, 5.74) is -1.93. The number of amides is 2. The summed E-state index contributed by atoms with van der Waals surface area (Å²) < 4.78 is 0. The van der Waals surface area contributed by atoms with Crippen molar-refractivity contribution < 1.29 is 14.8 Å². The van der Waals surface area contributed by atoms with Crippen LogP contribution in [-0.2, 0) is 14.8 Å². The van der Waals surface area contributed by atoms with Crippen LogP contribution in [0.3, 0.4) is 0 Å². The van der Waals surface area contributed by atoms with Crippen molar-refractivity contribution in [3.63, 3.8) is 0 Å². The van der Waals surface area contributed by atoms with E-state index < -0.39 is 16.5 Å². The Balaban J connectivity index is 2.40. The van der Waals surface area contributed by atoms with Gasteiger partial charge < -0.3 is 0 Å². The van der Waals surface area contributed by atoms with E-state index in [1.165, 1.54) is 0 Å². The van der Waals surface area contributed by atoms with Crippen LogP contribution < -0.4 is 5.32 Å². The van der Waals surface area contributed by atoms with Crippen molar-refractivity contribution in [2.45, 2.75) is 58.0 Å². The second kappa shape index (κ2) is 3.29. The highest BCUT2D eigenvalue weighted by atomic mass is 16.5. The lowest BCUT2D eigenvalue weighted by Crippen LogP contribution is -2.62. The number of hydrogen-bond acceptors (Lipinski definition) is 3. The van der Waals surface area contributed by atoms with Crippen molar-refractivity contribution in [1.29, 1.82) is 0 Å². The lowest BCUT2D eigenvalue weighted by molar-refractivity contribution is -0.300. The molecule has 95 valence electrons. The molecule has 0 aromatic heterocycles. The first-order valence-electron chi connectivity index (χ1n) is 5.91. The van der Waals surface area contributed by atoms with E-state index in [4.69, 9.17) is 0 Å². The number of hydrogen-bond donors (Lipinski definition) is 1. The van der Waals surface area contributed by atoms with Gasteiger partial charge in [-0.2, -0.15) is 0 Å². The molecule has 0 bridgehead atoms. The molecular formula is C12H19N2O3. The summed E-state index contributed by atoms with van der Waals surface area (Å²) in [6, 6.07) is 0. The third kappa shape index (κ3) is 1.77. The van der Waals surface area contributed by atoms with Gasteiger partial charge in [-0.3, -0.25) is 14.9 Å². The van der Waals surface area contributed by atoms with E-state index in [0.717, 1.165) is 5.06 Å². The number of hydroxylamine groups is 2. The van der Waals surface area contributed by atoms with Crippen LogP contribution in [0.1, 0.15) is 47.0 Å². The van der Waals surface area contributed by atoms with Crippen molar-refractivity contribution in [1.82, 2.24) is 10.4 Å². The van der Waals surface area contributed by atoms with Gasteiger partial charge in [0.05, 0.1) is 5.41 Å². The molecule has 0 atom stereocenters. The van der Waals surface area contributed by atoms with Gasteiger partial charge in [0.2, 0.25) is 11.8 Å². The number of carbonyl (C=O) groups is 2. The van der Waals surface area contributed by atoms with Crippen molar-refractivity contribution in [2.75, 3.05) is 0 Å². The third-order valence-corrected chi connectivity index (χ3v) is 3.88. The Morgan fingerprint density at radius 3 is 1.88 bits per heavy atom. The summed E-state index contributed by atoms with van der Waals surface area (Å²) in [4.78, 5) is 23.4. The zero-order valence-electron chi connectivity index (χ0n) is 10.8. The first kappa shape index (κ1) is 12.5. The molecule has 1 N–H and O–H groups in total. The Morgan fingerprint density at radius 2 is 1.53 bits per heavy atom. The second-order valence-corrected chi connectivity index (χ2v) is 6.61. The maximum atomic E-state index is 12.2. The van der Waals surface area contributed by atoms with Crippen LogP contribution in [0.15, 0.2) is 0 Å². The molecule has 1 spiro atoms. The van der Waals surface area contributed by atoms with Gasteiger partial charge in [-0.15, -0.1) is 10.3 Å². The Morgan fingerprint density at radius 1 is 1.06 bits per heavy atom. The molecule has 0 aromatic rings. The lowest BCUT2D eigenvalue weighted by atomic mass is 9.64. The van der Waals surface area contributed by atoms with Crippen molar-refractivity contribution in [3.05, 3.63) is 0 Å². The lowest BCUT2D eigenvalue weighted by Gasteiger charge is -2.52. The number of piperidine rings is 1. The molecule has 17 heavy (non-hydrogen) atoms. The van der Waals surface area contributed by atoms with E-state index in [2.05, 4.69) is 5.32 Å². The van der Waals surface area contributed by atoms with Gasteiger partial charge in [0.15, 0.2) is 0 Å². The fraction of sp³-hybridized carbons (Fsp3) is 0.833. The fourth-order valence-corrected chi connectivity index (χ4v) is 3.66. The average molecular weight is 239 g/mol. The fourth-order valence-electron chi connectivity index (χ4n) is 3.66. The molecule has 2 aliphatic heterocycles. The largest absolute Gasteiger partial charge is 0.296 e. The molecule has 2 saturated heterocycles. The highest BCUT2D eigenvalue weighted by Crippen LogP contribution is 2.50. The Kier molecular flexibility index (Phi) is 2.43. The minimum Gasteiger partial charge on any atom is -0.296 e. The van der Waals surface area contributed by atoms with Gasteiger partial charge in [0, 0.05) is 17.5 Å². The number of rotatable bonds is 0. The quantitative estimate of drug-likeness (QED) is 0.641. The first-order chi connectivity index (χ1) is 7.59. The highest BCUT2D eigenvalue weighted by Gasteiger charge is 2.59. The van der Waals surface area contributed by atoms with Gasteiger partial charge in [0.1, 0.15) is 0 Å². The first-order valence-corrected chi connectivity index (χ1v) is 5.91. The van der Waals surface area contributed by atoms with Crippen LogP contribution in [0, 0.1) is 5.41 Å². The van der Waals surface area contributed by atoms with E-state index in [1.54, 1.807) is 0 Å². The van der Waals surface area contributed by atoms with E-state index in [9.17, 15) is 14.8 Å². The predicted molar refractivity (Wildman–Crippen MR) is 60.1 cm³/mol. The molecule has 5 nitrogen and oxygen atoms in total. The van der Waals surface area contributed by atoms with Crippen LogP contribution in [0.5, 0.6) is 0 Å². The summed E-state index contributed by atoms with van der Waals surface area (Å²) in [6.45, 7) is 7.33. The van der Waals surface area contributed by atoms with Crippen LogP contribution in [-0.4, -0.2) is 28.0 Å². The number of nitrogens with zero attached hydrogens (tertiary/aromatic N) is 1. The molecule has 2 heterocycles. The minimum atomic E-state index is -0.689. The monoisotopic (exact) mass is 239 g/mol. The van der Waals surface area contributed by atoms with E-state index in [1.807, 2.05) is 27.7 Å². The number of imide groups is 1. The van der Waals surface area contributed by atoms with Crippen LogP contribution in [0.25, 0.3) is 0 Å². The van der Waals surface area contributed by atoms with Gasteiger partial charge >= 0.3 is 0 Å². The molecule has 2 rings (SSSR count). The van der Waals surface area contributed by atoms with Gasteiger partial charge in [0.25, 0.3) is 0 Å². The van der Waals surface area contributed by atoms with Crippen molar-refractivity contribution in [3.8, 4) is 0 Å². The zero-order chi connectivity index (χ0) is 13.1. The maximum Gasteiger partial charge on any atom is 0.233 e. The van der Waals surface area contributed by atoms with Crippen LogP contribution in [0.4, 0.5) is 0 Å². The van der Waals surface area contributed by atoms with Crippen molar-refractivity contribution >= 4 is 11.8 Å². The molecule has 0 unspecified atom stereocenters. The SMILES string of the molecule is CC1(C)CC2(CC(=O)NC2=O)CC(C)(C)N1[O]. The smallest absolute Gasteiger partial charge is 0.233 e. The molecular weight excluding hydrogens is 220 g/mol. The molecule has 1 radical (unpaired) electrons. The summed E-state index contributed by atoms with van der Waals surface area (Å²) in [5, 5.41) is 15.6. The summed E-state index contributed by atoms with van der Waals surface area (Å²) in [5.74, 6) is -0.433. The summed E-state index contributed by atoms with van der Waals surface area (Å²) in [7, 11) is 0. The predicted octanol–water partition coefficient (Wildman–Crippen LogP) is 1.02. The Bertz CT molecular complexity index is 369. The molecule has 0 saturated carbocycles. The summed E-state index contributed by atoms with van der Waals surface area (Å²) >= 11 is 0. The molecule has 0 aromatic carbocycles. The average Bonchev–Trinajstić information content (AvgIpc) is 2.36. The molecule has 2 fully saturated rings. The zero-order valence-corrected chi connectivity index (χ0v) is 10.8. The van der Waals surface area contributed by atoms with E-state index in [-0.39, 0.29) is 18.2 Å².